The summed E-state index contributed by atoms with van der Waals surface area (Å²) in [6, 6.07) is 7.50. The molecule has 1 aromatic heterocycles. The third-order valence-electron chi connectivity index (χ3n) is 5.15. The van der Waals surface area contributed by atoms with Crippen LogP contribution in [-0.2, 0) is 15.7 Å². The van der Waals surface area contributed by atoms with E-state index in [0.29, 0.717) is 17.6 Å². The van der Waals surface area contributed by atoms with E-state index in [1.807, 2.05) is 0 Å². The maximum absolute atomic E-state index is 13.8. The highest BCUT2D eigenvalue weighted by atomic mass is 32.1. The highest BCUT2D eigenvalue weighted by molar-refractivity contribution is 7.09. The number of phenols is 1. The second kappa shape index (κ2) is 11.3. The van der Waals surface area contributed by atoms with Crippen LogP contribution < -0.4 is 21.7 Å². The molecule has 0 spiro atoms. The fourth-order valence-corrected chi connectivity index (χ4v) is 4.14. The summed E-state index contributed by atoms with van der Waals surface area (Å²) < 4.78 is 49.3. The molecule has 0 fully saturated rings. The van der Waals surface area contributed by atoms with E-state index >= 15 is 0 Å². The Morgan fingerprint density at radius 1 is 1.19 bits per heavy atom. The zero-order valence-corrected chi connectivity index (χ0v) is 20.1. The number of primary amides is 1. The molecule has 0 radical (unpaired) electrons. The van der Waals surface area contributed by atoms with Crippen LogP contribution in [0.1, 0.15) is 37.3 Å². The summed E-state index contributed by atoms with van der Waals surface area (Å²) in [5.74, 6) is -2.91. The van der Waals surface area contributed by atoms with Crippen molar-refractivity contribution in [1.82, 2.24) is 9.69 Å². The lowest BCUT2D eigenvalue weighted by atomic mass is 10.0. The number of carbonyl (C=O) groups excluding carboxylic acids is 3. The predicted octanol–water partition coefficient (Wildman–Crippen LogP) is 2.70. The van der Waals surface area contributed by atoms with Gasteiger partial charge < -0.3 is 26.6 Å². The second-order valence-electron chi connectivity index (χ2n) is 7.64. The summed E-state index contributed by atoms with van der Waals surface area (Å²) >= 11 is 0.513. The Hall–Kier alpha value is -4.17. The average Bonchev–Trinajstić information content (AvgIpc) is 3.24. The number of nitrogen functional groups attached to an aromatic ring is 1. The van der Waals surface area contributed by atoms with Crippen LogP contribution in [0.4, 0.5) is 24.5 Å². The van der Waals surface area contributed by atoms with Gasteiger partial charge in [0.1, 0.15) is 16.7 Å². The molecule has 1 atom stereocenters. The number of nitrogens with two attached hydrogens (primary N) is 2. The first-order valence-electron chi connectivity index (χ1n) is 10.6. The van der Waals surface area contributed by atoms with Crippen molar-refractivity contribution in [2.24, 2.45) is 5.73 Å². The predicted molar refractivity (Wildman–Crippen MR) is 129 cm³/mol. The Labute approximate surface area is 212 Å². The Morgan fingerprint density at radius 3 is 2.43 bits per heavy atom. The molecule has 0 aliphatic heterocycles. The molecule has 196 valence electrons. The van der Waals surface area contributed by atoms with E-state index in [2.05, 4.69) is 9.69 Å². The molecule has 3 rings (SSSR count). The maximum atomic E-state index is 13.8. The van der Waals surface area contributed by atoms with Gasteiger partial charge in [0.25, 0.3) is 11.8 Å². The van der Waals surface area contributed by atoms with Crippen molar-refractivity contribution in [3.05, 3.63) is 70.2 Å². The number of alkyl halides is 3. The monoisotopic (exact) mass is 537 g/mol. The summed E-state index contributed by atoms with van der Waals surface area (Å²) in [6.45, 7) is 0.151. The van der Waals surface area contributed by atoms with E-state index in [1.54, 1.807) is 0 Å². The number of phenolic OH excluding ortho intramolecular Hbond substituents is 1. The van der Waals surface area contributed by atoms with Crippen molar-refractivity contribution < 1.29 is 37.4 Å². The number of rotatable bonds is 9. The van der Waals surface area contributed by atoms with Crippen molar-refractivity contribution >= 4 is 40.6 Å². The zero-order chi connectivity index (χ0) is 27.3. The Balaban J connectivity index is 2.24. The van der Waals surface area contributed by atoms with Gasteiger partial charge in [-0.2, -0.15) is 17.5 Å². The molecule has 14 heteroatoms. The van der Waals surface area contributed by atoms with Crippen LogP contribution in [-0.4, -0.2) is 47.5 Å². The van der Waals surface area contributed by atoms with Gasteiger partial charge in [-0.05, 0) is 47.4 Å². The first kappa shape index (κ1) is 27.4. The number of ether oxygens (including phenoxy) is 1. The Bertz CT molecular complexity index is 1300. The molecule has 6 N–H and O–H groups in total. The van der Waals surface area contributed by atoms with Gasteiger partial charge in [-0.3, -0.25) is 19.3 Å². The van der Waals surface area contributed by atoms with Crippen LogP contribution in [0, 0.1) is 0 Å². The molecule has 3 aromatic rings. The van der Waals surface area contributed by atoms with E-state index in [9.17, 15) is 32.7 Å². The van der Waals surface area contributed by atoms with E-state index in [4.69, 9.17) is 16.2 Å². The number of hydrogen-bond donors (Lipinski definition) is 4. The van der Waals surface area contributed by atoms with Gasteiger partial charge in [0, 0.05) is 19.3 Å². The number of methoxy groups -OCH3 is 1. The minimum Gasteiger partial charge on any atom is -0.508 e. The highest BCUT2D eigenvalue weighted by Crippen LogP contribution is 2.37. The van der Waals surface area contributed by atoms with E-state index in [0.717, 1.165) is 17.0 Å². The highest BCUT2D eigenvalue weighted by Gasteiger charge is 2.38. The summed E-state index contributed by atoms with van der Waals surface area (Å²) in [4.78, 5) is 39.3. The van der Waals surface area contributed by atoms with Crippen LogP contribution in [0.25, 0.3) is 0 Å². The van der Waals surface area contributed by atoms with Crippen LogP contribution >= 0.6 is 11.5 Å². The van der Waals surface area contributed by atoms with Gasteiger partial charge in [0.15, 0.2) is 5.69 Å². The molecule has 1 heterocycles. The minimum atomic E-state index is -4.75. The molecule has 0 unspecified atom stereocenters. The van der Waals surface area contributed by atoms with Gasteiger partial charge in [0.2, 0.25) is 5.91 Å². The number of nitrogens with one attached hydrogen (secondary N) is 1. The number of aromatic nitrogens is 1. The topological polar surface area (TPSA) is 161 Å². The average molecular weight is 538 g/mol. The van der Waals surface area contributed by atoms with Crippen molar-refractivity contribution in [1.29, 1.82) is 0 Å². The Morgan fingerprint density at radius 2 is 1.86 bits per heavy atom. The number of aromatic hydroxyl groups is 1. The number of carbonyl (C=O) groups is 3. The first-order valence-corrected chi connectivity index (χ1v) is 11.3. The molecule has 37 heavy (non-hydrogen) atoms. The van der Waals surface area contributed by atoms with Gasteiger partial charge in [-0.25, -0.2) is 0 Å². The van der Waals surface area contributed by atoms with Crippen LogP contribution in [0.2, 0.25) is 0 Å². The van der Waals surface area contributed by atoms with Crippen molar-refractivity contribution in [3.8, 4) is 5.75 Å². The van der Waals surface area contributed by atoms with Gasteiger partial charge in [-0.15, -0.1) is 0 Å². The lowest BCUT2D eigenvalue weighted by Gasteiger charge is -2.31. The summed E-state index contributed by atoms with van der Waals surface area (Å²) in [6.07, 6.45) is -4.75. The number of anilines is 2. The molecule has 3 amide bonds. The minimum absolute atomic E-state index is 0.0308. The normalized spacial score (nSPS) is 12.1. The van der Waals surface area contributed by atoms with E-state index in [-0.39, 0.29) is 46.4 Å². The third kappa shape index (κ3) is 6.16. The summed E-state index contributed by atoms with van der Waals surface area (Å²) in [5, 5.41) is 12.3. The molecule has 0 saturated heterocycles. The lowest BCUT2D eigenvalue weighted by molar-refractivity contribution is -0.137. The molecule has 0 aliphatic rings. The summed E-state index contributed by atoms with van der Waals surface area (Å²) in [5.41, 5.74) is 9.22. The molecular formula is C23H22F3N5O5S. The molecule has 0 aliphatic carbocycles. The third-order valence-corrected chi connectivity index (χ3v) is 6.00. The van der Waals surface area contributed by atoms with Crippen LogP contribution in [0.15, 0.2) is 48.5 Å². The van der Waals surface area contributed by atoms with Crippen molar-refractivity contribution in [3.63, 3.8) is 0 Å². The second-order valence-corrected chi connectivity index (χ2v) is 8.41. The van der Waals surface area contributed by atoms with Gasteiger partial charge >= 0.3 is 6.18 Å². The van der Waals surface area contributed by atoms with E-state index < -0.39 is 35.5 Å². The van der Waals surface area contributed by atoms with Crippen molar-refractivity contribution in [2.75, 3.05) is 30.9 Å². The smallest absolute Gasteiger partial charge is 0.416 e. The number of nitrogens with zero attached hydrogens (tertiary/aromatic N) is 2. The lowest BCUT2D eigenvalue weighted by Crippen LogP contribution is -2.44. The van der Waals surface area contributed by atoms with Gasteiger partial charge in [-0.1, -0.05) is 18.2 Å². The largest absolute Gasteiger partial charge is 0.508 e. The fraction of sp³-hybridized carbons (Fsp3) is 0.217. The van der Waals surface area contributed by atoms with Crippen LogP contribution in [0.5, 0.6) is 5.75 Å². The Kier molecular flexibility index (Phi) is 8.35. The first-order chi connectivity index (χ1) is 17.5. The number of hydrogen-bond acceptors (Lipinski definition) is 8. The number of amides is 3. The standard InChI is InChI=1S/C23H22F3N5O5S/c1-36-10-9-29-21(34)18(12-5-7-15(32)8-6-12)31(14-4-2-3-13(11-14)23(24,25)26)22(35)19-16(27)17(20(28)33)30-37-19/h2-8,11,18,32H,9-10,27H2,1H3,(H2,28,33)(H,29,34)/t18-/m0/s1. The fourth-order valence-electron chi connectivity index (χ4n) is 3.40. The quantitative estimate of drug-likeness (QED) is 0.305. The molecule has 0 bridgehead atoms. The van der Waals surface area contributed by atoms with Crippen LogP contribution in [0.3, 0.4) is 0 Å². The molecule has 2 aromatic carbocycles. The molecule has 10 nitrogen and oxygen atoms in total. The number of benzene rings is 2. The van der Waals surface area contributed by atoms with Gasteiger partial charge in [0.05, 0.1) is 17.9 Å². The maximum Gasteiger partial charge on any atom is 0.416 e. The summed E-state index contributed by atoms with van der Waals surface area (Å²) in [7, 11) is 1.41. The number of halogens is 3. The molecular weight excluding hydrogens is 515 g/mol. The SMILES string of the molecule is COCCNC(=O)[C@H](c1ccc(O)cc1)N(C(=O)c1snc(C(N)=O)c1N)c1cccc(C(F)(F)F)c1. The zero-order valence-electron chi connectivity index (χ0n) is 19.3. The van der Waals surface area contributed by atoms with Crippen molar-refractivity contribution in [2.45, 2.75) is 12.2 Å². The van der Waals surface area contributed by atoms with E-state index in [1.165, 1.54) is 37.4 Å². The molecule has 0 saturated carbocycles.